The van der Waals surface area contributed by atoms with Crippen molar-refractivity contribution in [3.8, 4) is 0 Å². The van der Waals surface area contributed by atoms with Crippen LogP contribution >= 0.6 is 0 Å². The molecule has 0 saturated carbocycles. The summed E-state index contributed by atoms with van der Waals surface area (Å²) < 4.78 is 0. The van der Waals surface area contributed by atoms with Gasteiger partial charge >= 0.3 is 0 Å². The Hall–Kier alpha value is -1.65. The third-order valence-corrected chi connectivity index (χ3v) is 4.01. The van der Waals surface area contributed by atoms with Gasteiger partial charge in [0, 0.05) is 25.2 Å². The summed E-state index contributed by atoms with van der Waals surface area (Å²) in [7, 11) is 0. The third-order valence-electron chi connectivity index (χ3n) is 4.01. The Bertz CT molecular complexity index is 503. The lowest BCUT2D eigenvalue weighted by Crippen LogP contribution is -2.39. The molecule has 5 heteroatoms. The van der Waals surface area contributed by atoms with Crippen LogP contribution in [0.2, 0.25) is 0 Å². The number of carbonyl (C=O) groups excluding carboxylic acids is 1. The lowest BCUT2D eigenvalue weighted by molar-refractivity contribution is 0.0676. The molecule has 1 aromatic heterocycles. The molecule has 1 N–H and O–H groups in total. The van der Waals surface area contributed by atoms with Gasteiger partial charge in [-0.2, -0.15) is 0 Å². The highest BCUT2D eigenvalue weighted by atomic mass is 16.2. The van der Waals surface area contributed by atoms with Gasteiger partial charge in [0.05, 0.1) is 0 Å². The molecule has 0 spiro atoms. The van der Waals surface area contributed by atoms with Gasteiger partial charge in [-0.3, -0.25) is 4.79 Å². The summed E-state index contributed by atoms with van der Waals surface area (Å²) in [5.41, 5.74) is 0.502. The molecule has 0 bridgehead atoms. The average Bonchev–Trinajstić information content (AvgIpc) is 2.45. The number of rotatable bonds is 4. The van der Waals surface area contributed by atoms with Gasteiger partial charge in [-0.1, -0.05) is 13.8 Å². The SMILES string of the molecule is CCC(C)Nc1cc(C(=O)N2CCCC(C)C2)nc(C)n1. The van der Waals surface area contributed by atoms with Crippen molar-refractivity contribution in [1.29, 1.82) is 0 Å². The van der Waals surface area contributed by atoms with Gasteiger partial charge in [0.15, 0.2) is 0 Å². The van der Waals surface area contributed by atoms with Crippen LogP contribution in [0.3, 0.4) is 0 Å². The van der Waals surface area contributed by atoms with E-state index in [-0.39, 0.29) is 5.91 Å². The number of aromatic nitrogens is 2. The van der Waals surface area contributed by atoms with E-state index in [1.165, 1.54) is 6.42 Å². The molecule has 1 saturated heterocycles. The Morgan fingerprint density at radius 1 is 1.52 bits per heavy atom. The summed E-state index contributed by atoms with van der Waals surface area (Å²) in [6, 6.07) is 2.11. The minimum absolute atomic E-state index is 0.0271. The molecule has 1 aliphatic heterocycles. The third kappa shape index (κ3) is 4.16. The first-order valence-corrected chi connectivity index (χ1v) is 7.91. The number of piperidine rings is 1. The van der Waals surface area contributed by atoms with E-state index in [1.54, 1.807) is 6.07 Å². The number of hydrogen-bond acceptors (Lipinski definition) is 4. The number of nitrogens with zero attached hydrogens (tertiary/aromatic N) is 3. The van der Waals surface area contributed by atoms with Gasteiger partial charge in [-0.05, 0) is 39.0 Å². The van der Waals surface area contributed by atoms with Crippen molar-refractivity contribution in [3.05, 3.63) is 17.6 Å². The minimum atomic E-state index is 0.0271. The highest BCUT2D eigenvalue weighted by Gasteiger charge is 2.23. The van der Waals surface area contributed by atoms with Gasteiger partial charge in [0.25, 0.3) is 5.91 Å². The van der Waals surface area contributed by atoms with Gasteiger partial charge < -0.3 is 10.2 Å². The van der Waals surface area contributed by atoms with Crippen molar-refractivity contribution in [3.63, 3.8) is 0 Å². The Morgan fingerprint density at radius 2 is 2.29 bits per heavy atom. The molecular formula is C16H26N4O. The van der Waals surface area contributed by atoms with E-state index < -0.39 is 0 Å². The monoisotopic (exact) mass is 290 g/mol. The van der Waals surface area contributed by atoms with Crippen LogP contribution in [0, 0.1) is 12.8 Å². The fraction of sp³-hybridized carbons (Fsp3) is 0.688. The number of likely N-dealkylation sites (tertiary alicyclic amines) is 1. The van der Waals surface area contributed by atoms with Crippen molar-refractivity contribution in [1.82, 2.24) is 14.9 Å². The molecule has 0 aromatic carbocycles. The molecule has 116 valence electrons. The number of anilines is 1. The summed E-state index contributed by atoms with van der Waals surface area (Å²) in [6.07, 6.45) is 3.29. The van der Waals surface area contributed by atoms with Crippen molar-refractivity contribution >= 4 is 11.7 Å². The second kappa shape index (κ2) is 6.87. The summed E-state index contributed by atoms with van der Waals surface area (Å²) in [6.45, 7) is 9.91. The molecule has 2 heterocycles. The topological polar surface area (TPSA) is 58.1 Å². The van der Waals surface area contributed by atoms with Gasteiger partial charge in [0.1, 0.15) is 17.3 Å². The van der Waals surface area contributed by atoms with Crippen molar-refractivity contribution in [2.45, 2.75) is 53.0 Å². The largest absolute Gasteiger partial charge is 0.368 e. The van der Waals surface area contributed by atoms with Crippen LogP contribution in [-0.2, 0) is 0 Å². The quantitative estimate of drug-likeness (QED) is 0.926. The van der Waals surface area contributed by atoms with Crippen LogP contribution in [0.15, 0.2) is 6.07 Å². The van der Waals surface area contributed by atoms with Gasteiger partial charge in [-0.25, -0.2) is 9.97 Å². The molecule has 1 amide bonds. The van der Waals surface area contributed by atoms with E-state index in [1.807, 2.05) is 11.8 Å². The number of carbonyl (C=O) groups is 1. The molecule has 1 fully saturated rings. The van der Waals surface area contributed by atoms with Crippen molar-refractivity contribution in [2.24, 2.45) is 5.92 Å². The number of nitrogens with one attached hydrogen (secondary N) is 1. The Balaban J connectivity index is 2.16. The van der Waals surface area contributed by atoms with E-state index in [4.69, 9.17) is 0 Å². The van der Waals surface area contributed by atoms with Crippen LogP contribution in [0.1, 0.15) is 56.3 Å². The molecule has 2 rings (SSSR count). The first-order chi connectivity index (χ1) is 9.99. The second-order valence-electron chi connectivity index (χ2n) is 6.14. The molecule has 0 aliphatic carbocycles. The zero-order chi connectivity index (χ0) is 15.4. The Kier molecular flexibility index (Phi) is 5.15. The molecular weight excluding hydrogens is 264 g/mol. The summed E-state index contributed by atoms with van der Waals surface area (Å²) >= 11 is 0. The molecule has 0 radical (unpaired) electrons. The first-order valence-electron chi connectivity index (χ1n) is 7.91. The van der Waals surface area contributed by atoms with Crippen LogP contribution in [0.25, 0.3) is 0 Å². The highest BCUT2D eigenvalue weighted by Crippen LogP contribution is 2.18. The van der Waals surface area contributed by atoms with E-state index >= 15 is 0 Å². The van der Waals surface area contributed by atoms with E-state index in [0.717, 1.165) is 31.7 Å². The summed E-state index contributed by atoms with van der Waals surface area (Å²) in [5, 5.41) is 3.32. The van der Waals surface area contributed by atoms with Crippen LogP contribution < -0.4 is 5.32 Å². The fourth-order valence-electron chi connectivity index (χ4n) is 2.64. The Labute approximate surface area is 127 Å². The number of amides is 1. The maximum absolute atomic E-state index is 12.6. The van der Waals surface area contributed by atoms with Crippen molar-refractivity contribution < 1.29 is 4.79 Å². The molecule has 5 nitrogen and oxygen atoms in total. The summed E-state index contributed by atoms with van der Waals surface area (Å²) in [4.78, 5) is 23.2. The maximum Gasteiger partial charge on any atom is 0.272 e. The number of aryl methyl sites for hydroxylation is 1. The highest BCUT2D eigenvalue weighted by molar-refractivity contribution is 5.93. The van der Waals surface area contributed by atoms with Crippen LogP contribution in [0.5, 0.6) is 0 Å². The predicted molar refractivity (Wildman–Crippen MR) is 84.4 cm³/mol. The predicted octanol–water partition coefficient (Wildman–Crippen LogP) is 2.87. The number of hydrogen-bond donors (Lipinski definition) is 1. The van der Waals surface area contributed by atoms with Crippen LogP contribution in [-0.4, -0.2) is 39.9 Å². The normalized spacial score (nSPS) is 20.2. The van der Waals surface area contributed by atoms with E-state index in [0.29, 0.717) is 23.5 Å². The smallest absolute Gasteiger partial charge is 0.272 e. The zero-order valence-electron chi connectivity index (χ0n) is 13.5. The van der Waals surface area contributed by atoms with Crippen LogP contribution in [0.4, 0.5) is 5.82 Å². The van der Waals surface area contributed by atoms with Gasteiger partial charge in [0.2, 0.25) is 0 Å². The molecule has 1 aliphatic rings. The average molecular weight is 290 g/mol. The van der Waals surface area contributed by atoms with Crippen molar-refractivity contribution in [2.75, 3.05) is 18.4 Å². The second-order valence-corrected chi connectivity index (χ2v) is 6.14. The van der Waals surface area contributed by atoms with E-state index in [2.05, 4.69) is 36.1 Å². The molecule has 1 aromatic rings. The standard InChI is InChI=1S/C16H26N4O/c1-5-12(3)17-15-9-14(18-13(4)19-15)16(21)20-8-6-7-11(2)10-20/h9,11-12H,5-8,10H2,1-4H3,(H,17,18,19). The lowest BCUT2D eigenvalue weighted by atomic mass is 10.00. The minimum Gasteiger partial charge on any atom is -0.368 e. The maximum atomic E-state index is 12.6. The lowest BCUT2D eigenvalue weighted by Gasteiger charge is -2.30. The first kappa shape index (κ1) is 15.7. The molecule has 21 heavy (non-hydrogen) atoms. The summed E-state index contributed by atoms with van der Waals surface area (Å²) in [5.74, 6) is 1.98. The van der Waals surface area contributed by atoms with E-state index in [9.17, 15) is 4.79 Å². The molecule has 2 atom stereocenters. The Morgan fingerprint density at radius 3 is 2.95 bits per heavy atom. The molecule has 2 unspecified atom stereocenters. The van der Waals surface area contributed by atoms with Gasteiger partial charge in [-0.15, -0.1) is 0 Å². The fourth-order valence-corrected chi connectivity index (χ4v) is 2.64. The zero-order valence-corrected chi connectivity index (χ0v) is 13.5.